The fourth-order valence-corrected chi connectivity index (χ4v) is 4.52. The highest BCUT2D eigenvalue weighted by Crippen LogP contribution is 2.23. The van der Waals surface area contributed by atoms with Gasteiger partial charge in [0.2, 0.25) is 5.89 Å². The summed E-state index contributed by atoms with van der Waals surface area (Å²) in [5.74, 6) is 1.63. The number of oxazole rings is 1. The summed E-state index contributed by atoms with van der Waals surface area (Å²) in [7, 11) is 1.37. The summed E-state index contributed by atoms with van der Waals surface area (Å²) < 4.78 is 18.6. The fourth-order valence-electron chi connectivity index (χ4n) is 4.52. The van der Waals surface area contributed by atoms with Crippen LogP contribution in [0.4, 0.5) is 0 Å². The second kappa shape index (κ2) is 12.3. The molecule has 7 nitrogen and oxygen atoms in total. The highest BCUT2D eigenvalue weighted by atomic mass is 16.5. The Kier molecular flexibility index (Phi) is 8.21. The lowest BCUT2D eigenvalue weighted by Gasteiger charge is -2.17. The molecule has 0 bridgehead atoms. The van der Waals surface area contributed by atoms with E-state index in [0.717, 1.165) is 28.3 Å². The molecule has 2 heterocycles. The Morgan fingerprint density at radius 3 is 2.30 bits per heavy atom. The Labute approximate surface area is 233 Å². The zero-order valence-electron chi connectivity index (χ0n) is 22.4. The molecule has 0 aliphatic carbocycles. The van der Waals surface area contributed by atoms with Crippen LogP contribution in [0.5, 0.6) is 5.75 Å². The quantitative estimate of drug-likeness (QED) is 0.147. The Hall–Kier alpha value is -4.91. The Balaban J connectivity index is 1.20. The molecule has 0 radical (unpaired) electrons. The van der Waals surface area contributed by atoms with E-state index in [1.165, 1.54) is 7.11 Å². The van der Waals surface area contributed by atoms with Crippen molar-refractivity contribution in [3.05, 3.63) is 132 Å². The molecule has 7 heteroatoms. The molecule has 0 aliphatic heterocycles. The van der Waals surface area contributed by atoms with Crippen LogP contribution in [0.15, 0.2) is 108 Å². The van der Waals surface area contributed by atoms with Gasteiger partial charge in [-0.15, -0.1) is 0 Å². The fraction of sp³-hybridized carbons (Fsp3) is 0.182. The van der Waals surface area contributed by atoms with Gasteiger partial charge in [0.15, 0.2) is 5.78 Å². The molecule has 202 valence electrons. The minimum absolute atomic E-state index is 0.0958. The second-order valence-corrected chi connectivity index (χ2v) is 9.42. The highest BCUT2D eigenvalue weighted by molar-refractivity contribution is 6.08. The van der Waals surface area contributed by atoms with Gasteiger partial charge in [-0.25, -0.2) is 9.78 Å². The third-order valence-corrected chi connectivity index (χ3v) is 6.72. The number of carbonyl (C=O) groups is 2. The zero-order chi connectivity index (χ0) is 27.9. The smallest absolute Gasteiger partial charge is 0.329 e. The average molecular weight is 535 g/mol. The number of aryl methyl sites for hydroxylation is 1. The summed E-state index contributed by atoms with van der Waals surface area (Å²) in [6.45, 7) is 2.36. The van der Waals surface area contributed by atoms with Crippen molar-refractivity contribution in [2.45, 2.75) is 25.8 Å². The average Bonchev–Trinajstić information content (AvgIpc) is 3.64. The van der Waals surface area contributed by atoms with E-state index >= 15 is 0 Å². The van der Waals surface area contributed by atoms with Gasteiger partial charge in [-0.1, -0.05) is 60.7 Å². The number of nitrogens with zero attached hydrogens (tertiary/aromatic N) is 2. The zero-order valence-corrected chi connectivity index (χ0v) is 22.4. The molecule has 2 aromatic heterocycles. The van der Waals surface area contributed by atoms with Gasteiger partial charge in [0.25, 0.3) is 0 Å². The molecule has 0 saturated carbocycles. The first-order chi connectivity index (χ1) is 19.5. The molecule has 5 aromatic rings. The molecule has 0 spiro atoms. The van der Waals surface area contributed by atoms with Crippen molar-refractivity contribution in [1.82, 2.24) is 9.55 Å². The van der Waals surface area contributed by atoms with Gasteiger partial charge >= 0.3 is 5.97 Å². The summed E-state index contributed by atoms with van der Waals surface area (Å²) in [6.07, 6.45) is 4.46. The number of aromatic nitrogens is 2. The van der Waals surface area contributed by atoms with Gasteiger partial charge < -0.3 is 18.5 Å². The molecule has 0 amide bonds. The van der Waals surface area contributed by atoms with E-state index < -0.39 is 6.04 Å². The predicted molar refractivity (Wildman–Crippen MR) is 151 cm³/mol. The van der Waals surface area contributed by atoms with E-state index in [0.29, 0.717) is 36.5 Å². The van der Waals surface area contributed by atoms with Crippen molar-refractivity contribution < 1.29 is 23.5 Å². The summed E-state index contributed by atoms with van der Waals surface area (Å²) in [6, 6.07) is 27.6. The standard InChI is InChI=1S/C33H30N2O5/c1-23-29(34-32(40-23)26-11-7-4-8-12-26)18-20-39-28-15-13-24(14-16-28)21-30(33(37)38-2)35-19-17-27(22-35)31(36)25-9-5-3-6-10-25/h3-17,19,22,30H,18,20-21H2,1-2H3. The number of rotatable bonds is 11. The molecule has 5 rings (SSSR count). The number of ether oxygens (including phenoxy) is 2. The number of ketones is 1. The van der Waals surface area contributed by atoms with Crippen LogP contribution in [0.2, 0.25) is 0 Å². The molecule has 0 saturated heterocycles. The lowest BCUT2D eigenvalue weighted by Crippen LogP contribution is -2.22. The third-order valence-electron chi connectivity index (χ3n) is 6.72. The summed E-state index contributed by atoms with van der Waals surface area (Å²) in [5.41, 5.74) is 3.86. The monoisotopic (exact) mass is 534 g/mol. The van der Waals surface area contributed by atoms with E-state index in [-0.39, 0.29) is 11.8 Å². The molecule has 40 heavy (non-hydrogen) atoms. The lowest BCUT2D eigenvalue weighted by atomic mass is 10.1. The van der Waals surface area contributed by atoms with Crippen LogP contribution in [0, 0.1) is 6.92 Å². The van der Waals surface area contributed by atoms with Crippen LogP contribution in [-0.2, 0) is 22.4 Å². The Morgan fingerprint density at radius 2 is 1.60 bits per heavy atom. The minimum Gasteiger partial charge on any atom is -0.493 e. The van der Waals surface area contributed by atoms with E-state index in [4.69, 9.17) is 13.9 Å². The van der Waals surface area contributed by atoms with Gasteiger partial charge in [-0.3, -0.25) is 4.79 Å². The topological polar surface area (TPSA) is 83.6 Å². The first kappa shape index (κ1) is 26.7. The van der Waals surface area contributed by atoms with Gasteiger partial charge in [-0.2, -0.15) is 0 Å². The highest BCUT2D eigenvalue weighted by Gasteiger charge is 2.23. The molecule has 1 atom stereocenters. The molecule has 0 fully saturated rings. The maximum atomic E-state index is 12.8. The van der Waals surface area contributed by atoms with Crippen LogP contribution in [0.25, 0.3) is 11.5 Å². The number of carbonyl (C=O) groups excluding carboxylic acids is 2. The van der Waals surface area contributed by atoms with Crippen molar-refractivity contribution >= 4 is 11.8 Å². The molecule has 0 N–H and O–H groups in total. The minimum atomic E-state index is -0.608. The van der Waals surface area contributed by atoms with Crippen molar-refractivity contribution in [2.75, 3.05) is 13.7 Å². The van der Waals surface area contributed by atoms with Crippen molar-refractivity contribution in [1.29, 1.82) is 0 Å². The molecule has 0 aliphatic rings. The molecular formula is C33H30N2O5. The maximum absolute atomic E-state index is 12.8. The Morgan fingerprint density at radius 1 is 0.900 bits per heavy atom. The summed E-state index contributed by atoms with van der Waals surface area (Å²) in [4.78, 5) is 30.1. The van der Waals surface area contributed by atoms with E-state index in [2.05, 4.69) is 4.98 Å². The molecule has 1 unspecified atom stereocenters. The lowest BCUT2D eigenvalue weighted by molar-refractivity contribution is -0.144. The van der Waals surface area contributed by atoms with Crippen LogP contribution >= 0.6 is 0 Å². The van der Waals surface area contributed by atoms with Crippen LogP contribution in [-0.4, -0.2) is 35.0 Å². The predicted octanol–water partition coefficient (Wildman–Crippen LogP) is 6.26. The van der Waals surface area contributed by atoms with Gasteiger partial charge in [0.05, 0.1) is 19.4 Å². The second-order valence-electron chi connectivity index (χ2n) is 9.42. The van der Waals surface area contributed by atoms with Crippen molar-refractivity contribution in [2.24, 2.45) is 0 Å². The van der Waals surface area contributed by atoms with Gasteiger partial charge in [0, 0.05) is 41.9 Å². The summed E-state index contributed by atoms with van der Waals surface area (Å²) in [5, 5.41) is 0. The first-order valence-electron chi connectivity index (χ1n) is 13.1. The largest absolute Gasteiger partial charge is 0.493 e. The van der Waals surface area contributed by atoms with E-state index in [1.54, 1.807) is 35.2 Å². The van der Waals surface area contributed by atoms with Crippen molar-refractivity contribution in [3.8, 4) is 17.2 Å². The SMILES string of the molecule is COC(=O)C(Cc1ccc(OCCc2nc(-c3ccccc3)oc2C)cc1)n1ccc(C(=O)c2ccccc2)c1. The normalized spacial score (nSPS) is 11.7. The van der Waals surface area contributed by atoms with Crippen molar-refractivity contribution in [3.63, 3.8) is 0 Å². The van der Waals surface area contributed by atoms with E-state index in [1.807, 2.05) is 79.7 Å². The molecular weight excluding hydrogens is 504 g/mol. The van der Waals surface area contributed by atoms with Gasteiger partial charge in [0.1, 0.15) is 17.6 Å². The number of methoxy groups -OCH3 is 1. The first-order valence-corrected chi connectivity index (χ1v) is 13.1. The number of hydrogen-bond acceptors (Lipinski definition) is 6. The third kappa shape index (κ3) is 6.21. The number of esters is 1. The van der Waals surface area contributed by atoms with Crippen LogP contribution < -0.4 is 4.74 Å². The van der Waals surface area contributed by atoms with Crippen LogP contribution in [0.1, 0.15) is 39.0 Å². The number of benzene rings is 3. The maximum Gasteiger partial charge on any atom is 0.329 e. The summed E-state index contributed by atoms with van der Waals surface area (Å²) >= 11 is 0. The van der Waals surface area contributed by atoms with Crippen LogP contribution in [0.3, 0.4) is 0 Å². The molecule has 3 aromatic carbocycles. The van der Waals surface area contributed by atoms with Gasteiger partial charge in [-0.05, 0) is 42.8 Å². The number of hydrogen-bond donors (Lipinski definition) is 0. The van der Waals surface area contributed by atoms with E-state index in [9.17, 15) is 9.59 Å². The Bertz CT molecular complexity index is 1570.